The third-order valence-corrected chi connectivity index (χ3v) is 3.97. The smallest absolute Gasteiger partial charge is 0.261 e. The zero-order chi connectivity index (χ0) is 14.5. The van der Waals surface area contributed by atoms with Gasteiger partial charge in [0.1, 0.15) is 5.75 Å². The van der Waals surface area contributed by atoms with Crippen LogP contribution in [-0.2, 0) is 4.79 Å². The molecule has 5 heteroatoms. The topological polar surface area (TPSA) is 58.6 Å². The molecule has 1 aromatic rings. The van der Waals surface area contributed by atoms with Crippen LogP contribution >= 0.6 is 11.6 Å². The van der Waals surface area contributed by atoms with Crippen LogP contribution in [-0.4, -0.2) is 29.8 Å². The van der Waals surface area contributed by atoms with Crippen LogP contribution in [0.3, 0.4) is 0 Å². The molecular formula is C15H20ClNO3. The molecule has 0 saturated heterocycles. The molecular weight excluding hydrogens is 278 g/mol. The van der Waals surface area contributed by atoms with Crippen LogP contribution in [0.5, 0.6) is 5.75 Å². The van der Waals surface area contributed by atoms with Gasteiger partial charge in [0.05, 0.1) is 0 Å². The molecule has 3 unspecified atom stereocenters. The molecule has 4 nitrogen and oxygen atoms in total. The Bertz CT molecular complexity index is 449. The molecule has 0 aromatic heterocycles. The van der Waals surface area contributed by atoms with Gasteiger partial charge in [-0.3, -0.25) is 4.79 Å². The Morgan fingerprint density at radius 2 is 2.15 bits per heavy atom. The molecule has 1 aliphatic carbocycles. The van der Waals surface area contributed by atoms with Gasteiger partial charge in [0, 0.05) is 23.6 Å². The molecule has 1 amide bonds. The number of ether oxygens (including phenoxy) is 1. The Kier molecular flexibility index (Phi) is 5.26. The van der Waals surface area contributed by atoms with Crippen LogP contribution in [0, 0.1) is 5.92 Å². The standard InChI is InChI=1S/C15H20ClNO3/c1-10(20-13-7-5-12(16)6-8-13)15(19)17-14-4-2-3-11(14)9-18/h5-8,10-11,14,18H,2-4,9H2,1H3,(H,17,19). The highest BCUT2D eigenvalue weighted by atomic mass is 35.5. The SMILES string of the molecule is CC(Oc1ccc(Cl)cc1)C(=O)NC1CCCC1CO. The maximum Gasteiger partial charge on any atom is 0.261 e. The molecule has 0 spiro atoms. The van der Waals surface area contributed by atoms with Crippen molar-refractivity contribution in [2.45, 2.75) is 38.3 Å². The summed E-state index contributed by atoms with van der Waals surface area (Å²) in [5, 5.41) is 12.8. The van der Waals surface area contributed by atoms with Crippen LogP contribution in [0.15, 0.2) is 24.3 Å². The Morgan fingerprint density at radius 3 is 2.80 bits per heavy atom. The number of aliphatic hydroxyl groups excluding tert-OH is 1. The predicted octanol–water partition coefficient (Wildman–Crippen LogP) is 2.38. The number of hydrogen-bond donors (Lipinski definition) is 2. The number of rotatable bonds is 5. The fraction of sp³-hybridized carbons (Fsp3) is 0.533. The highest BCUT2D eigenvalue weighted by Gasteiger charge is 2.29. The van der Waals surface area contributed by atoms with Gasteiger partial charge in [-0.2, -0.15) is 0 Å². The van der Waals surface area contributed by atoms with Crippen molar-refractivity contribution in [2.75, 3.05) is 6.61 Å². The third kappa shape index (κ3) is 3.87. The minimum Gasteiger partial charge on any atom is -0.481 e. The van der Waals surface area contributed by atoms with Crippen LogP contribution in [0.25, 0.3) is 0 Å². The zero-order valence-corrected chi connectivity index (χ0v) is 12.3. The van der Waals surface area contributed by atoms with Crippen molar-refractivity contribution in [3.63, 3.8) is 0 Å². The van der Waals surface area contributed by atoms with Crippen molar-refractivity contribution in [3.8, 4) is 5.75 Å². The van der Waals surface area contributed by atoms with E-state index in [4.69, 9.17) is 16.3 Å². The van der Waals surface area contributed by atoms with Crippen molar-refractivity contribution in [1.82, 2.24) is 5.32 Å². The highest BCUT2D eigenvalue weighted by molar-refractivity contribution is 6.30. The maximum absolute atomic E-state index is 12.1. The van der Waals surface area contributed by atoms with E-state index >= 15 is 0 Å². The Hall–Kier alpha value is -1.26. The quantitative estimate of drug-likeness (QED) is 0.877. The minimum absolute atomic E-state index is 0.0590. The van der Waals surface area contributed by atoms with Crippen molar-refractivity contribution in [1.29, 1.82) is 0 Å². The molecule has 1 saturated carbocycles. The molecule has 1 aromatic carbocycles. The third-order valence-electron chi connectivity index (χ3n) is 3.72. The number of nitrogens with one attached hydrogen (secondary N) is 1. The lowest BCUT2D eigenvalue weighted by Gasteiger charge is -2.22. The summed E-state index contributed by atoms with van der Waals surface area (Å²) < 4.78 is 5.58. The lowest BCUT2D eigenvalue weighted by Crippen LogP contribution is -2.44. The first-order valence-corrected chi connectivity index (χ1v) is 7.31. The molecule has 1 fully saturated rings. The van der Waals surface area contributed by atoms with E-state index in [0.717, 1.165) is 19.3 Å². The molecule has 0 aliphatic heterocycles. The monoisotopic (exact) mass is 297 g/mol. The predicted molar refractivity (Wildman–Crippen MR) is 77.9 cm³/mol. The van der Waals surface area contributed by atoms with Crippen LogP contribution in [0.1, 0.15) is 26.2 Å². The summed E-state index contributed by atoms with van der Waals surface area (Å²) >= 11 is 5.80. The van der Waals surface area contributed by atoms with Gasteiger partial charge in [-0.15, -0.1) is 0 Å². The molecule has 2 rings (SSSR count). The van der Waals surface area contributed by atoms with Gasteiger partial charge >= 0.3 is 0 Å². The summed E-state index contributed by atoms with van der Waals surface area (Å²) in [5.74, 6) is 0.633. The van der Waals surface area contributed by atoms with Gasteiger partial charge in [0.25, 0.3) is 5.91 Å². The number of benzene rings is 1. The van der Waals surface area contributed by atoms with Gasteiger partial charge in [-0.05, 0) is 44.0 Å². The summed E-state index contributed by atoms with van der Waals surface area (Å²) in [6.07, 6.45) is 2.36. The minimum atomic E-state index is -0.573. The van der Waals surface area contributed by atoms with Crippen molar-refractivity contribution in [2.24, 2.45) is 5.92 Å². The van der Waals surface area contributed by atoms with E-state index in [2.05, 4.69) is 5.32 Å². The summed E-state index contributed by atoms with van der Waals surface area (Å²) in [5.41, 5.74) is 0. The van der Waals surface area contributed by atoms with Gasteiger partial charge < -0.3 is 15.2 Å². The van der Waals surface area contributed by atoms with Crippen LogP contribution in [0.2, 0.25) is 5.02 Å². The summed E-state index contributed by atoms with van der Waals surface area (Å²) in [4.78, 5) is 12.1. The fourth-order valence-electron chi connectivity index (χ4n) is 2.52. The summed E-state index contributed by atoms with van der Waals surface area (Å²) in [6, 6.07) is 6.97. The number of amides is 1. The number of carbonyl (C=O) groups is 1. The molecule has 0 heterocycles. The van der Waals surface area contributed by atoms with Crippen LogP contribution < -0.4 is 10.1 Å². The second-order valence-electron chi connectivity index (χ2n) is 5.20. The molecule has 0 bridgehead atoms. The first kappa shape index (κ1) is 15.1. The van der Waals surface area contributed by atoms with Gasteiger partial charge in [0.15, 0.2) is 6.10 Å². The highest BCUT2D eigenvalue weighted by Crippen LogP contribution is 2.25. The normalized spacial score (nSPS) is 23.4. The lowest BCUT2D eigenvalue weighted by molar-refractivity contribution is -0.128. The summed E-state index contributed by atoms with van der Waals surface area (Å²) in [7, 11) is 0. The van der Waals surface area contributed by atoms with Crippen molar-refractivity contribution >= 4 is 17.5 Å². The second kappa shape index (κ2) is 6.95. The van der Waals surface area contributed by atoms with Crippen molar-refractivity contribution < 1.29 is 14.6 Å². The van der Waals surface area contributed by atoms with Crippen LogP contribution in [0.4, 0.5) is 0 Å². The molecule has 2 N–H and O–H groups in total. The molecule has 1 aliphatic rings. The van der Waals surface area contributed by atoms with Gasteiger partial charge in [-0.25, -0.2) is 0 Å². The largest absolute Gasteiger partial charge is 0.481 e. The second-order valence-corrected chi connectivity index (χ2v) is 5.64. The van der Waals surface area contributed by atoms with E-state index < -0.39 is 6.10 Å². The Morgan fingerprint density at radius 1 is 1.45 bits per heavy atom. The molecule has 110 valence electrons. The zero-order valence-electron chi connectivity index (χ0n) is 11.5. The van der Waals surface area contributed by atoms with E-state index in [1.54, 1.807) is 31.2 Å². The number of aliphatic hydroxyl groups is 1. The summed E-state index contributed by atoms with van der Waals surface area (Å²) in [6.45, 7) is 1.84. The average molecular weight is 298 g/mol. The van der Waals surface area contributed by atoms with E-state index in [9.17, 15) is 9.90 Å². The van der Waals surface area contributed by atoms with Gasteiger partial charge in [-0.1, -0.05) is 18.0 Å². The van der Waals surface area contributed by atoms with E-state index in [0.29, 0.717) is 10.8 Å². The van der Waals surface area contributed by atoms with Gasteiger partial charge in [0.2, 0.25) is 0 Å². The van der Waals surface area contributed by atoms with E-state index in [1.165, 1.54) is 0 Å². The average Bonchev–Trinajstić information content (AvgIpc) is 2.88. The number of carbonyl (C=O) groups excluding carboxylic acids is 1. The molecule has 20 heavy (non-hydrogen) atoms. The maximum atomic E-state index is 12.1. The number of halogens is 1. The van der Waals surface area contributed by atoms with E-state index in [-0.39, 0.29) is 24.5 Å². The Balaban J connectivity index is 1.87. The Labute approximate surface area is 124 Å². The first-order valence-electron chi connectivity index (χ1n) is 6.93. The van der Waals surface area contributed by atoms with Crippen molar-refractivity contribution in [3.05, 3.63) is 29.3 Å². The number of hydrogen-bond acceptors (Lipinski definition) is 3. The first-order chi connectivity index (χ1) is 9.60. The lowest BCUT2D eigenvalue weighted by atomic mass is 10.0. The molecule has 3 atom stereocenters. The molecule has 0 radical (unpaired) electrons. The fourth-order valence-corrected chi connectivity index (χ4v) is 2.64. The van der Waals surface area contributed by atoms with E-state index in [1.807, 2.05) is 0 Å².